The van der Waals surface area contributed by atoms with Crippen molar-refractivity contribution in [2.45, 2.75) is 150 Å². The Morgan fingerprint density at radius 1 is 0.886 bits per heavy atom. The summed E-state index contributed by atoms with van der Waals surface area (Å²) < 4.78 is 23.6. The van der Waals surface area contributed by atoms with Crippen LogP contribution in [0.5, 0.6) is 0 Å². The minimum atomic E-state index is -2.69. The summed E-state index contributed by atoms with van der Waals surface area (Å²) in [6.45, 7) is 17.2. The van der Waals surface area contributed by atoms with E-state index >= 15 is 0 Å². The number of ether oxygens (including phenoxy) is 1. The molecule has 0 aliphatic heterocycles. The molecule has 11 heteroatoms. The van der Waals surface area contributed by atoms with Gasteiger partial charge in [0.2, 0.25) is 12.0 Å². The zero-order valence-corrected chi connectivity index (χ0v) is 29.9. The van der Waals surface area contributed by atoms with Crippen molar-refractivity contribution in [3.05, 3.63) is 0 Å². The number of aliphatic imine (C=N–C) groups is 1. The first-order chi connectivity index (χ1) is 21.0. The summed E-state index contributed by atoms with van der Waals surface area (Å²) in [5.41, 5.74) is -0.144. The zero-order chi connectivity index (χ0) is 32.9. The molecule has 0 heterocycles. The number of carbonyl (C=O) groups is 2. The summed E-state index contributed by atoms with van der Waals surface area (Å²) in [7, 11) is -2.69. The van der Waals surface area contributed by atoms with Gasteiger partial charge in [-0.3, -0.25) is 4.79 Å². The van der Waals surface area contributed by atoms with Gasteiger partial charge in [-0.15, -0.1) is 0 Å². The number of alkyl carbamates (subject to hydrolysis) is 1. The summed E-state index contributed by atoms with van der Waals surface area (Å²) in [4.78, 5) is 40.2. The van der Waals surface area contributed by atoms with Gasteiger partial charge in [-0.05, 0) is 89.4 Å². The molecule has 0 spiro atoms. The monoisotopic (exact) mass is 641 g/mol. The summed E-state index contributed by atoms with van der Waals surface area (Å²) in [5, 5.41) is 6.02. The summed E-state index contributed by atoms with van der Waals surface area (Å²) in [6.07, 6.45) is 12.4. The second-order valence-corrected chi connectivity index (χ2v) is 16.1. The molecule has 0 aromatic carbocycles. The Morgan fingerprint density at radius 2 is 1.52 bits per heavy atom. The lowest BCUT2D eigenvalue weighted by atomic mass is 9.63. The van der Waals surface area contributed by atoms with E-state index in [1.165, 1.54) is 6.42 Å². The van der Waals surface area contributed by atoms with Crippen LogP contribution in [0.1, 0.15) is 132 Å². The molecular formula is C33H63N3O7Si. The molecule has 44 heavy (non-hydrogen) atoms. The average Bonchev–Trinajstić information content (AvgIpc) is 2.94. The van der Waals surface area contributed by atoms with E-state index in [9.17, 15) is 14.4 Å². The molecule has 0 aromatic rings. The van der Waals surface area contributed by atoms with Crippen LogP contribution in [0.2, 0.25) is 6.04 Å². The van der Waals surface area contributed by atoms with Crippen LogP contribution in [0.3, 0.4) is 0 Å². The van der Waals surface area contributed by atoms with Crippen molar-refractivity contribution >= 4 is 26.9 Å². The van der Waals surface area contributed by atoms with Crippen molar-refractivity contribution in [2.75, 3.05) is 32.9 Å². The van der Waals surface area contributed by atoms with E-state index in [4.69, 9.17) is 18.0 Å². The highest BCUT2D eigenvalue weighted by molar-refractivity contribution is 6.60. The Kier molecular flexibility index (Phi) is 20.0. The molecule has 0 bridgehead atoms. The van der Waals surface area contributed by atoms with E-state index < -0.39 is 14.9 Å². The predicted octanol–water partition coefficient (Wildman–Crippen LogP) is 7.09. The maximum atomic E-state index is 12.9. The molecule has 3 atom stereocenters. The second kappa shape index (κ2) is 21.9. The van der Waals surface area contributed by atoms with E-state index in [1.54, 1.807) is 6.08 Å². The van der Waals surface area contributed by atoms with E-state index in [-0.39, 0.29) is 28.9 Å². The smallest absolute Gasteiger partial charge is 0.446 e. The molecule has 2 N–H and O–H groups in total. The van der Waals surface area contributed by atoms with E-state index in [2.05, 4.69) is 43.3 Å². The first kappa shape index (κ1) is 40.2. The molecule has 1 aliphatic rings. The molecule has 2 amide bonds. The molecule has 1 aliphatic carbocycles. The minimum absolute atomic E-state index is 0.0282. The van der Waals surface area contributed by atoms with Gasteiger partial charge >= 0.3 is 14.9 Å². The van der Waals surface area contributed by atoms with Gasteiger partial charge in [0.25, 0.3) is 0 Å². The Hall–Kier alpha value is -1.78. The SMILES string of the molecule is CCCCCCC(CCCCC(=O)NCCC[Si](OCC)(OCC)OCC)OC(=O)NCC1(C)CC(N=C=O)CC(C)(C)C1. The standard InChI is InChI=1S/C33H63N3O7Si/c1-8-12-13-14-18-29(43-31(39)35-26-33(7)24-28(36-27-37)23-32(5,6)25-33)19-15-16-20-30(38)34-21-17-22-44(40-9-2,41-10-3)42-11-4/h28-29H,8-26H2,1-7H3,(H,34,38)(H,35,39). The van der Waals surface area contributed by atoms with Crippen LogP contribution in [0, 0.1) is 10.8 Å². The maximum Gasteiger partial charge on any atom is 0.500 e. The lowest BCUT2D eigenvalue weighted by molar-refractivity contribution is -0.121. The summed E-state index contributed by atoms with van der Waals surface area (Å²) >= 11 is 0. The van der Waals surface area contributed by atoms with Crippen LogP contribution in [0.15, 0.2) is 4.99 Å². The Balaban J connectivity index is 2.51. The van der Waals surface area contributed by atoms with Crippen molar-refractivity contribution in [1.82, 2.24) is 10.6 Å². The third-order valence-corrected chi connectivity index (χ3v) is 11.4. The quantitative estimate of drug-likeness (QED) is 0.0499. The first-order valence-corrected chi connectivity index (χ1v) is 19.1. The molecular weight excluding hydrogens is 578 g/mol. The zero-order valence-electron chi connectivity index (χ0n) is 28.9. The molecule has 1 fully saturated rings. The van der Waals surface area contributed by atoms with Crippen LogP contribution in [0.25, 0.3) is 0 Å². The first-order valence-electron chi connectivity index (χ1n) is 17.2. The van der Waals surface area contributed by atoms with Gasteiger partial charge in [-0.1, -0.05) is 47.0 Å². The Labute approximate surface area is 268 Å². The van der Waals surface area contributed by atoms with Gasteiger partial charge in [0, 0.05) is 45.4 Å². The molecule has 10 nitrogen and oxygen atoms in total. The second-order valence-electron chi connectivity index (χ2n) is 13.3. The average molecular weight is 642 g/mol. The highest BCUT2D eigenvalue weighted by Gasteiger charge is 2.42. The van der Waals surface area contributed by atoms with Crippen LogP contribution >= 0.6 is 0 Å². The van der Waals surface area contributed by atoms with Gasteiger partial charge in [0.1, 0.15) is 6.10 Å². The number of hydrogen-bond acceptors (Lipinski definition) is 8. The fourth-order valence-electron chi connectivity index (χ4n) is 6.70. The molecule has 1 rings (SSSR count). The number of unbranched alkanes of at least 4 members (excludes halogenated alkanes) is 4. The number of nitrogens with one attached hydrogen (secondary N) is 2. The van der Waals surface area contributed by atoms with Crippen molar-refractivity contribution < 1.29 is 32.4 Å². The van der Waals surface area contributed by atoms with E-state index in [0.29, 0.717) is 45.4 Å². The van der Waals surface area contributed by atoms with Gasteiger partial charge < -0.3 is 28.6 Å². The van der Waals surface area contributed by atoms with Crippen LogP contribution in [-0.2, 0) is 27.6 Å². The number of isocyanates is 1. The normalized spacial score (nSPS) is 20.4. The van der Waals surface area contributed by atoms with Gasteiger partial charge in [0.15, 0.2) is 0 Å². The number of rotatable bonds is 24. The largest absolute Gasteiger partial charge is 0.500 e. The van der Waals surface area contributed by atoms with Gasteiger partial charge in [-0.2, -0.15) is 0 Å². The van der Waals surface area contributed by atoms with Crippen molar-refractivity contribution in [3.63, 3.8) is 0 Å². The number of nitrogens with zero attached hydrogens (tertiary/aromatic N) is 1. The molecule has 256 valence electrons. The predicted molar refractivity (Wildman–Crippen MR) is 176 cm³/mol. The minimum Gasteiger partial charge on any atom is -0.446 e. The topological polar surface area (TPSA) is 125 Å². The number of hydrogen-bond donors (Lipinski definition) is 2. The molecule has 1 saturated carbocycles. The highest BCUT2D eigenvalue weighted by atomic mass is 28.4. The molecule has 0 radical (unpaired) electrons. The van der Waals surface area contributed by atoms with Crippen molar-refractivity contribution in [2.24, 2.45) is 15.8 Å². The van der Waals surface area contributed by atoms with E-state index in [1.807, 2.05) is 20.8 Å². The summed E-state index contributed by atoms with van der Waals surface area (Å²) in [6, 6.07) is 0.602. The van der Waals surface area contributed by atoms with Gasteiger partial charge in [-0.25, -0.2) is 14.6 Å². The van der Waals surface area contributed by atoms with Gasteiger partial charge in [0.05, 0.1) is 6.04 Å². The molecule has 0 saturated heterocycles. The fraction of sp³-hybridized carbons (Fsp3) is 0.909. The van der Waals surface area contributed by atoms with Crippen molar-refractivity contribution in [3.8, 4) is 0 Å². The van der Waals surface area contributed by atoms with Crippen molar-refractivity contribution in [1.29, 1.82) is 0 Å². The van der Waals surface area contributed by atoms with Crippen LogP contribution < -0.4 is 10.6 Å². The fourth-order valence-corrected chi connectivity index (χ4v) is 9.31. The van der Waals surface area contributed by atoms with Crippen LogP contribution in [-0.4, -0.2) is 71.9 Å². The lowest BCUT2D eigenvalue weighted by Gasteiger charge is -2.45. The van der Waals surface area contributed by atoms with Crippen LogP contribution in [0.4, 0.5) is 4.79 Å². The molecule has 3 unspecified atom stereocenters. The maximum absolute atomic E-state index is 12.9. The third-order valence-electron chi connectivity index (χ3n) is 8.22. The lowest BCUT2D eigenvalue weighted by Crippen LogP contribution is -2.46. The van der Waals surface area contributed by atoms with E-state index in [0.717, 1.165) is 70.6 Å². The Bertz CT molecular complexity index is 851. The highest BCUT2D eigenvalue weighted by Crippen LogP contribution is 2.46. The molecule has 0 aromatic heterocycles. The number of carbonyl (C=O) groups excluding carboxylic acids is 3. The summed E-state index contributed by atoms with van der Waals surface area (Å²) in [5.74, 6) is 0.0283. The Morgan fingerprint density at radius 3 is 2.11 bits per heavy atom. The number of amides is 2. The third kappa shape index (κ3) is 17.1.